The Morgan fingerprint density at radius 3 is 2.00 bits per heavy atom. The normalized spacial score (nSPS) is 27.7. The first kappa shape index (κ1) is 15.2. The molecule has 2 saturated heterocycles. The molecule has 18 heavy (non-hydrogen) atoms. The lowest BCUT2D eigenvalue weighted by molar-refractivity contribution is 0.127. The molecule has 0 saturated carbocycles. The molecular weight excluding hydrogens is 249 g/mol. The Morgan fingerprint density at radius 2 is 1.67 bits per heavy atom. The maximum absolute atomic E-state index is 4.12. The van der Waals surface area contributed by atoms with Crippen LogP contribution in [-0.4, -0.2) is 51.2 Å². The van der Waals surface area contributed by atoms with Crippen molar-refractivity contribution in [1.29, 1.82) is 0 Å². The van der Waals surface area contributed by atoms with Gasteiger partial charge in [0.25, 0.3) is 0 Å². The summed E-state index contributed by atoms with van der Waals surface area (Å²) >= 11 is -0.415. The van der Waals surface area contributed by atoms with Crippen LogP contribution in [0.25, 0.3) is 0 Å². The second kappa shape index (κ2) is 4.40. The van der Waals surface area contributed by atoms with Crippen molar-refractivity contribution in [2.75, 3.05) is 0 Å². The van der Waals surface area contributed by atoms with E-state index in [0.717, 1.165) is 6.85 Å². The lowest BCUT2D eigenvalue weighted by Crippen LogP contribution is -3.03. The van der Waals surface area contributed by atoms with Crippen LogP contribution in [0.15, 0.2) is 0 Å². The van der Waals surface area contributed by atoms with Gasteiger partial charge in [0.05, 0.1) is 0 Å². The van der Waals surface area contributed by atoms with E-state index in [1.54, 1.807) is 0 Å². The molecule has 6 heteroatoms. The smallest absolute Gasteiger partial charge is 0.248 e. The van der Waals surface area contributed by atoms with Crippen LogP contribution in [0, 0.1) is 0 Å². The summed E-state index contributed by atoms with van der Waals surface area (Å²) < 4.78 is 0. The van der Waals surface area contributed by atoms with Crippen molar-refractivity contribution in [2.45, 2.75) is 74.4 Å². The second-order valence-corrected chi connectivity index (χ2v) is 16.4. The van der Waals surface area contributed by atoms with Gasteiger partial charge in [0.1, 0.15) is 8.24 Å². The number of nitrogens with zero attached hydrogens (tertiary/aromatic N) is 1. The van der Waals surface area contributed by atoms with Crippen LogP contribution in [0.4, 0.5) is 0 Å². The van der Waals surface area contributed by atoms with Crippen LogP contribution in [-0.2, 0) is 0 Å². The molecule has 0 aromatic rings. The van der Waals surface area contributed by atoms with Gasteiger partial charge in [-0.05, 0) is 33.6 Å². The molecule has 0 amide bonds. The SMILES string of the molecule is CB(C)N1C(C)(C)[Si]2(CB([CH2][Al]([CH3])[CH3])N2)C1(C)C. The molecule has 2 aliphatic rings. The average molecular weight is 278 g/mol. The molecule has 0 aliphatic carbocycles. The van der Waals surface area contributed by atoms with Gasteiger partial charge in [-0.1, -0.05) is 13.6 Å². The summed E-state index contributed by atoms with van der Waals surface area (Å²) in [4.78, 5) is 6.87. The summed E-state index contributed by atoms with van der Waals surface area (Å²) in [6.45, 7) is 16.2. The molecule has 2 heterocycles. The number of hydrogen-bond donors (Lipinski definition) is 1. The first-order valence-corrected chi connectivity index (χ1v) is 13.0. The summed E-state index contributed by atoms with van der Waals surface area (Å²) in [6.07, 6.45) is 0. The highest BCUT2D eigenvalue weighted by molar-refractivity contribution is 7.09. The van der Waals surface area contributed by atoms with E-state index < -0.39 is 22.4 Å². The first-order chi connectivity index (χ1) is 8.06. The lowest BCUT2D eigenvalue weighted by atomic mass is 9.63. The lowest BCUT2D eigenvalue weighted by Gasteiger charge is -2.80. The Hall–Kier alpha value is 0.799. The molecule has 1 N–H and O–H groups in total. The predicted molar refractivity (Wildman–Crippen MR) is 89.2 cm³/mol. The monoisotopic (exact) mass is 278 g/mol. The zero-order valence-electron chi connectivity index (χ0n) is 13.6. The minimum absolute atomic E-state index is 0.415. The summed E-state index contributed by atoms with van der Waals surface area (Å²) in [5.74, 6) is 6.47. The van der Waals surface area contributed by atoms with Crippen molar-refractivity contribution in [3.63, 3.8) is 0 Å². The fourth-order valence-electron chi connectivity index (χ4n) is 5.36. The van der Waals surface area contributed by atoms with E-state index in [2.05, 4.69) is 62.6 Å². The van der Waals surface area contributed by atoms with Gasteiger partial charge in [-0.2, -0.15) is 0 Å². The molecular formula is C12H29AlB2N2Si. The van der Waals surface area contributed by atoms with Crippen LogP contribution in [0.5, 0.6) is 0 Å². The Balaban J connectivity index is 2.12. The molecule has 2 aliphatic heterocycles. The molecule has 2 fully saturated rings. The minimum Gasteiger partial charge on any atom is -0.377 e. The van der Waals surface area contributed by atoms with E-state index in [1.165, 1.54) is 11.1 Å². The number of nitrogens with one attached hydrogen (secondary N) is 1. The van der Waals surface area contributed by atoms with Crippen molar-refractivity contribution in [2.24, 2.45) is 0 Å². The van der Waals surface area contributed by atoms with Crippen LogP contribution in [0.3, 0.4) is 0 Å². The predicted octanol–water partition coefficient (Wildman–Crippen LogP) is 2.56. The summed E-state index contributed by atoms with van der Waals surface area (Å²) in [7, 11) is -1.30. The number of rotatable bonds is 3. The fraction of sp³-hybridized carbons (Fsp3) is 1.00. The highest BCUT2D eigenvalue weighted by Gasteiger charge is 2.76. The Kier molecular flexibility index (Phi) is 3.71. The molecule has 1 spiro atoms. The maximum Gasteiger partial charge on any atom is 0.248 e. The van der Waals surface area contributed by atoms with Gasteiger partial charge in [-0.25, -0.2) is 0 Å². The van der Waals surface area contributed by atoms with Crippen molar-refractivity contribution >= 4 is 36.1 Å². The van der Waals surface area contributed by atoms with Gasteiger partial charge in [0, 0.05) is 10.3 Å². The molecule has 2 rings (SSSR count). The third-order valence-corrected chi connectivity index (χ3v) is 13.7. The molecule has 0 bridgehead atoms. The Bertz CT molecular complexity index is 323. The third kappa shape index (κ3) is 1.76. The Morgan fingerprint density at radius 1 is 1.22 bits per heavy atom. The average Bonchev–Trinajstić information content (AvgIpc) is 2.06. The molecule has 0 atom stereocenters. The van der Waals surface area contributed by atoms with Crippen LogP contribution in [0.2, 0.25) is 36.3 Å². The van der Waals surface area contributed by atoms with E-state index in [1.807, 2.05) is 0 Å². The summed E-state index contributed by atoms with van der Waals surface area (Å²) in [6, 6.07) is 0. The van der Waals surface area contributed by atoms with Gasteiger partial charge in [0.2, 0.25) is 21.0 Å². The van der Waals surface area contributed by atoms with E-state index in [-0.39, 0.29) is 0 Å². The van der Waals surface area contributed by atoms with Crippen molar-refractivity contribution < 1.29 is 0 Å². The van der Waals surface area contributed by atoms with Gasteiger partial charge in [-0.3, -0.25) is 0 Å². The van der Waals surface area contributed by atoms with Crippen LogP contribution in [0.1, 0.15) is 27.7 Å². The second-order valence-electron chi connectivity index (χ2n) is 8.16. The third-order valence-electron chi connectivity index (χ3n) is 5.57. The summed E-state index contributed by atoms with van der Waals surface area (Å²) in [5.41, 5.74) is 0. The number of hydrogen-bond acceptors (Lipinski definition) is 2. The zero-order chi connectivity index (χ0) is 13.9. The van der Waals surface area contributed by atoms with E-state index in [4.69, 9.17) is 0 Å². The first-order valence-electron chi connectivity index (χ1n) is 7.63. The molecule has 100 valence electrons. The van der Waals surface area contributed by atoms with Crippen molar-refractivity contribution in [1.82, 2.24) is 9.70 Å². The summed E-state index contributed by atoms with van der Waals surface area (Å²) in [5, 5.41) is 2.35. The highest BCUT2D eigenvalue weighted by atomic mass is 28.3. The van der Waals surface area contributed by atoms with Gasteiger partial charge in [0.15, 0.2) is 6.85 Å². The van der Waals surface area contributed by atoms with Crippen LogP contribution < -0.4 is 4.89 Å². The molecule has 0 aromatic carbocycles. The van der Waals surface area contributed by atoms with Gasteiger partial charge < -0.3 is 9.70 Å². The van der Waals surface area contributed by atoms with Gasteiger partial charge >= 0.3 is 0 Å². The topological polar surface area (TPSA) is 15.3 Å². The standard InChI is InChI=1S/C10H23B2N2Si.2CH3.Al/c1-9(2)14(11(5)6)10(3,4)15(9)8-12(7)13-15;;;/h13H,7-8H2,1-6H3;2*1H3;. The fourth-order valence-corrected chi connectivity index (χ4v) is 14.0. The van der Waals surface area contributed by atoms with E-state index >= 15 is 0 Å². The van der Waals surface area contributed by atoms with Crippen molar-refractivity contribution in [3.05, 3.63) is 0 Å². The van der Waals surface area contributed by atoms with Crippen LogP contribution >= 0.6 is 0 Å². The Labute approximate surface area is 120 Å². The molecule has 0 radical (unpaired) electrons. The van der Waals surface area contributed by atoms with Crippen molar-refractivity contribution in [3.8, 4) is 0 Å². The minimum atomic E-state index is -1.30. The largest absolute Gasteiger partial charge is 0.377 e. The van der Waals surface area contributed by atoms with Gasteiger partial charge in [-0.15, -0.1) is 16.8 Å². The zero-order valence-corrected chi connectivity index (χ0v) is 15.7. The molecule has 0 aromatic heterocycles. The van der Waals surface area contributed by atoms with E-state index in [9.17, 15) is 0 Å². The molecule has 0 unspecified atom stereocenters. The molecule has 2 nitrogen and oxygen atoms in total. The maximum atomic E-state index is 4.12. The van der Waals surface area contributed by atoms with E-state index in [0.29, 0.717) is 17.2 Å². The quantitative estimate of drug-likeness (QED) is 0.798. The highest BCUT2D eigenvalue weighted by Crippen LogP contribution is 2.55.